The van der Waals surface area contributed by atoms with Gasteiger partial charge in [-0.25, -0.2) is 4.68 Å². The molecule has 0 radical (unpaired) electrons. The summed E-state index contributed by atoms with van der Waals surface area (Å²) >= 11 is 0. The second-order valence-electron chi connectivity index (χ2n) is 8.04. The summed E-state index contributed by atoms with van der Waals surface area (Å²) in [7, 11) is 1.67. The second kappa shape index (κ2) is 8.75. The zero-order valence-corrected chi connectivity index (χ0v) is 17.3. The minimum absolute atomic E-state index is 0.0129. The number of alkyl halides is 3. The summed E-state index contributed by atoms with van der Waals surface area (Å²) in [6.07, 6.45) is -1.01. The molecule has 6 nitrogen and oxygen atoms in total. The molecule has 1 N–H and O–H groups in total. The number of nitrogens with one attached hydrogen (secondary N) is 1. The van der Waals surface area contributed by atoms with Crippen LogP contribution in [0.15, 0.2) is 23.0 Å². The van der Waals surface area contributed by atoms with Crippen LogP contribution < -0.4 is 10.9 Å². The van der Waals surface area contributed by atoms with Crippen LogP contribution in [0.4, 0.5) is 13.2 Å². The van der Waals surface area contributed by atoms with Crippen LogP contribution in [0.5, 0.6) is 0 Å². The topological polar surface area (TPSA) is 73.2 Å². The number of hydrogen-bond acceptors (Lipinski definition) is 4. The van der Waals surface area contributed by atoms with Gasteiger partial charge in [-0.05, 0) is 49.8 Å². The highest BCUT2D eigenvalue weighted by atomic mass is 19.4. The summed E-state index contributed by atoms with van der Waals surface area (Å²) in [5.74, 6) is -0.568. The van der Waals surface area contributed by atoms with E-state index in [1.54, 1.807) is 21.0 Å². The number of fused-ring (bicyclic) bond motifs is 1. The minimum atomic E-state index is -4.51. The lowest BCUT2D eigenvalue weighted by Gasteiger charge is -2.28. The maximum Gasteiger partial charge on any atom is 0.416 e. The van der Waals surface area contributed by atoms with E-state index in [1.165, 1.54) is 0 Å². The van der Waals surface area contributed by atoms with E-state index < -0.39 is 17.3 Å². The van der Waals surface area contributed by atoms with Crippen molar-refractivity contribution in [3.63, 3.8) is 0 Å². The van der Waals surface area contributed by atoms with Crippen molar-refractivity contribution in [2.75, 3.05) is 7.11 Å². The number of rotatable bonds is 5. The highest BCUT2D eigenvalue weighted by Crippen LogP contribution is 2.32. The number of carbonyl (C=O) groups excluding carboxylic acids is 1. The Morgan fingerprint density at radius 3 is 2.47 bits per heavy atom. The number of methoxy groups -OCH3 is 1. The average Bonchev–Trinajstić information content (AvgIpc) is 2.69. The van der Waals surface area contributed by atoms with Gasteiger partial charge in [-0.3, -0.25) is 9.59 Å². The number of amides is 1. The van der Waals surface area contributed by atoms with Crippen LogP contribution in [-0.2, 0) is 22.3 Å². The minimum Gasteiger partial charge on any atom is -0.381 e. The van der Waals surface area contributed by atoms with Gasteiger partial charge >= 0.3 is 6.18 Å². The van der Waals surface area contributed by atoms with Crippen LogP contribution in [0.3, 0.4) is 0 Å². The molecule has 0 aliphatic heterocycles. The van der Waals surface area contributed by atoms with Gasteiger partial charge in [-0.1, -0.05) is 13.8 Å². The van der Waals surface area contributed by atoms with Crippen LogP contribution in [0.1, 0.15) is 56.7 Å². The molecule has 1 aliphatic rings. The largest absolute Gasteiger partial charge is 0.416 e. The van der Waals surface area contributed by atoms with Crippen LogP contribution in [-0.4, -0.2) is 34.9 Å². The van der Waals surface area contributed by atoms with Crippen LogP contribution in [0, 0.1) is 0 Å². The second-order valence-corrected chi connectivity index (χ2v) is 8.04. The Hall–Kier alpha value is -2.42. The summed E-state index contributed by atoms with van der Waals surface area (Å²) in [6.45, 7) is 3.29. The Kier molecular flexibility index (Phi) is 6.50. The molecule has 0 spiro atoms. The lowest BCUT2D eigenvalue weighted by Crippen LogP contribution is -2.42. The summed E-state index contributed by atoms with van der Waals surface area (Å²) in [4.78, 5) is 25.3. The summed E-state index contributed by atoms with van der Waals surface area (Å²) in [5, 5.41) is 7.45. The number of hydrogen-bond donors (Lipinski definition) is 1. The molecule has 3 rings (SSSR count). The van der Waals surface area contributed by atoms with E-state index in [0.29, 0.717) is 5.69 Å². The van der Waals surface area contributed by atoms with Crippen molar-refractivity contribution >= 4 is 16.7 Å². The fourth-order valence-electron chi connectivity index (χ4n) is 3.87. The SMILES string of the molecule is CO[C@H]1CC[C@@H](NC(=O)Cn2nc(C(C)C)c3cc(C(F)(F)F)ccc3c2=O)CC1. The fraction of sp³-hybridized carbons (Fsp3) is 0.571. The zero-order chi connectivity index (χ0) is 22.1. The first-order chi connectivity index (χ1) is 14.1. The molecule has 0 saturated heterocycles. The number of aromatic nitrogens is 2. The van der Waals surface area contributed by atoms with E-state index in [-0.39, 0.29) is 41.3 Å². The molecule has 0 atom stereocenters. The predicted molar refractivity (Wildman–Crippen MR) is 106 cm³/mol. The van der Waals surface area contributed by atoms with Crippen molar-refractivity contribution in [2.45, 2.75) is 70.3 Å². The van der Waals surface area contributed by atoms with E-state index in [9.17, 15) is 22.8 Å². The van der Waals surface area contributed by atoms with E-state index in [1.807, 2.05) is 0 Å². The van der Waals surface area contributed by atoms with Gasteiger partial charge in [0.05, 0.1) is 22.7 Å². The third kappa shape index (κ3) is 4.83. The van der Waals surface area contributed by atoms with E-state index in [4.69, 9.17) is 4.74 Å². The molecular weight excluding hydrogens is 399 g/mol. The van der Waals surface area contributed by atoms with Crippen molar-refractivity contribution in [3.05, 3.63) is 39.8 Å². The van der Waals surface area contributed by atoms with Gasteiger partial charge in [0, 0.05) is 18.5 Å². The third-order valence-electron chi connectivity index (χ3n) is 5.53. The molecule has 164 valence electrons. The van der Waals surface area contributed by atoms with Crippen molar-refractivity contribution < 1.29 is 22.7 Å². The van der Waals surface area contributed by atoms with Gasteiger partial charge in [-0.2, -0.15) is 18.3 Å². The van der Waals surface area contributed by atoms with Crippen LogP contribution in [0.2, 0.25) is 0 Å². The first-order valence-corrected chi connectivity index (χ1v) is 10.0. The lowest BCUT2D eigenvalue weighted by atomic mass is 9.93. The Morgan fingerprint density at radius 2 is 1.90 bits per heavy atom. The van der Waals surface area contributed by atoms with Gasteiger partial charge in [0.2, 0.25) is 5.91 Å². The van der Waals surface area contributed by atoms with Crippen LogP contribution >= 0.6 is 0 Å². The van der Waals surface area contributed by atoms with Crippen molar-refractivity contribution in [1.29, 1.82) is 0 Å². The smallest absolute Gasteiger partial charge is 0.381 e. The lowest BCUT2D eigenvalue weighted by molar-refractivity contribution is -0.137. The highest BCUT2D eigenvalue weighted by molar-refractivity contribution is 5.85. The van der Waals surface area contributed by atoms with Crippen molar-refractivity contribution in [1.82, 2.24) is 15.1 Å². The first-order valence-electron chi connectivity index (χ1n) is 10.0. The highest BCUT2D eigenvalue weighted by Gasteiger charge is 2.31. The molecular formula is C21H26F3N3O3. The molecule has 1 saturated carbocycles. The van der Waals surface area contributed by atoms with Gasteiger partial charge in [0.25, 0.3) is 5.56 Å². The normalized spacial score (nSPS) is 20.0. The van der Waals surface area contributed by atoms with Crippen molar-refractivity contribution in [2.24, 2.45) is 0 Å². The van der Waals surface area contributed by atoms with Crippen LogP contribution in [0.25, 0.3) is 10.8 Å². The summed E-state index contributed by atoms with van der Waals surface area (Å²) < 4.78 is 45.7. The molecule has 1 aromatic heterocycles. The maximum atomic E-state index is 13.1. The summed E-state index contributed by atoms with van der Waals surface area (Å²) in [6, 6.07) is 3.01. The molecule has 30 heavy (non-hydrogen) atoms. The molecule has 1 fully saturated rings. The number of carbonyl (C=O) groups is 1. The first kappa shape index (κ1) is 22.3. The molecule has 1 heterocycles. The van der Waals surface area contributed by atoms with Gasteiger partial charge in [0.1, 0.15) is 6.54 Å². The van der Waals surface area contributed by atoms with E-state index in [2.05, 4.69) is 10.4 Å². The summed E-state index contributed by atoms with van der Waals surface area (Å²) in [5.41, 5.74) is -1.06. The number of halogens is 3. The molecule has 9 heteroatoms. The predicted octanol–water partition coefficient (Wildman–Crippen LogP) is 3.61. The molecule has 2 aromatic rings. The molecule has 0 bridgehead atoms. The number of ether oxygens (including phenoxy) is 1. The standard InChI is InChI=1S/C21H26F3N3O3/c1-12(2)19-17-10-13(21(22,23)24)4-9-16(17)20(29)27(26-19)11-18(28)25-14-5-7-15(30-3)8-6-14/h4,9-10,12,14-15H,5-8,11H2,1-3H3,(H,25,28)/t14-,15+. The maximum absolute atomic E-state index is 13.1. The zero-order valence-electron chi connectivity index (χ0n) is 17.3. The van der Waals surface area contributed by atoms with Gasteiger partial charge < -0.3 is 10.1 Å². The number of benzene rings is 1. The quantitative estimate of drug-likeness (QED) is 0.794. The Labute approximate surface area is 172 Å². The van der Waals surface area contributed by atoms with Gasteiger partial charge in [-0.15, -0.1) is 0 Å². The van der Waals surface area contributed by atoms with Crippen molar-refractivity contribution in [3.8, 4) is 0 Å². The fourth-order valence-corrected chi connectivity index (χ4v) is 3.87. The molecule has 1 aromatic carbocycles. The molecule has 1 aliphatic carbocycles. The Bertz CT molecular complexity index is 977. The molecule has 1 amide bonds. The third-order valence-corrected chi connectivity index (χ3v) is 5.53. The average molecular weight is 425 g/mol. The monoisotopic (exact) mass is 425 g/mol. The molecule has 0 unspecified atom stereocenters. The number of nitrogens with zero attached hydrogens (tertiary/aromatic N) is 2. The Morgan fingerprint density at radius 1 is 1.23 bits per heavy atom. The van der Waals surface area contributed by atoms with E-state index >= 15 is 0 Å². The van der Waals surface area contributed by atoms with Gasteiger partial charge in [0.15, 0.2) is 0 Å². The van der Waals surface area contributed by atoms with E-state index in [0.717, 1.165) is 48.6 Å². The Balaban J connectivity index is 1.86.